The number of hydrogen-bond donors (Lipinski definition) is 3. The van der Waals surface area contributed by atoms with Gasteiger partial charge in [-0.3, -0.25) is 20.4 Å². The Morgan fingerprint density at radius 1 is 0.962 bits per heavy atom. The van der Waals surface area contributed by atoms with Gasteiger partial charge in [-0.2, -0.15) is 0 Å². The molecule has 6 heteroatoms. The van der Waals surface area contributed by atoms with Crippen molar-refractivity contribution in [3.05, 3.63) is 70.8 Å². The lowest BCUT2D eigenvalue weighted by molar-refractivity contribution is -0.124. The van der Waals surface area contributed by atoms with E-state index in [2.05, 4.69) is 22.7 Å². The van der Waals surface area contributed by atoms with Crippen molar-refractivity contribution in [2.24, 2.45) is 0 Å². The van der Waals surface area contributed by atoms with Crippen LogP contribution in [0.25, 0.3) is 5.70 Å². The van der Waals surface area contributed by atoms with Crippen LogP contribution >= 0.6 is 11.6 Å². The minimum absolute atomic E-state index is 0.0622. The van der Waals surface area contributed by atoms with E-state index in [1.54, 1.807) is 18.2 Å². The van der Waals surface area contributed by atoms with Crippen LogP contribution in [0.4, 0.5) is 5.69 Å². The lowest BCUT2D eigenvalue weighted by Gasteiger charge is -2.12. The third kappa shape index (κ3) is 5.93. The van der Waals surface area contributed by atoms with E-state index in [4.69, 9.17) is 11.6 Å². The van der Waals surface area contributed by atoms with Crippen LogP contribution in [0, 0.1) is 13.8 Å². The lowest BCUT2D eigenvalue weighted by Crippen LogP contribution is -2.36. The summed E-state index contributed by atoms with van der Waals surface area (Å²) in [5.74, 6) is -0.524. The van der Waals surface area contributed by atoms with Gasteiger partial charge < -0.3 is 5.32 Å². The van der Waals surface area contributed by atoms with Crippen LogP contribution in [-0.2, 0) is 9.59 Å². The Hall–Kier alpha value is -2.79. The second-order valence-electron chi connectivity index (χ2n) is 6.03. The average Bonchev–Trinajstić information content (AvgIpc) is 2.61. The SMILES string of the molecule is C=C(NNC(=O)CCC(=O)Nc1ccc(Cl)cc1C)c1ccc(C)cc1. The summed E-state index contributed by atoms with van der Waals surface area (Å²) >= 11 is 5.89. The first-order valence-corrected chi connectivity index (χ1v) is 8.60. The zero-order chi connectivity index (χ0) is 19.1. The molecule has 26 heavy (non-hydrogen) atoms. The summed E-state index contributed by atoms with van der Waals surface area (Å²) in [6.45, 7) is 7.73. The molecule has 0 aliphatic heterocycles. The van der Waals surface area contributed by atoms with Crippen LogP contribution in [0.3, 0.4) is 0 Å². The van der Waals surface area contributed by atoms with E-state index >= 15 is 0 Å². The Balaban J connectivity index is 1.74. The zero-order valence-corrected chi connectivity index (χ0v) is 15.6. The van der Waals surface area contributed by atoms with Crippen LogP contribution in [0.2, 0.25) is 5.02 Å². The minimum atomic E-state index is -0.291. The maximum Gasteiger partial charge on any atom is 0.238 e. The maximum atomic E-state index is 12.0. The molecule has 2 amide bonds. The molecule has 5 nitrogen and oxygen atoms in total. The van der Waals surface area contributed by atoms with Gasteiger partial charge in [-0.1, -0.05) is 48.0 Å². The van der Waals surface area contributed by atoms with Crippen LogP contribution in [0.1, 0.15) is 29.5 Å². The molecule has 136 valence electrons. The third-order valence-corrected chi connectivity index (χ3v) is 4.03. The summed E-state index contributed by atoms with van der Waals surface area (Å²) < 4.78 is 0. The van der Waals surface area contributed by atoms with Crippen molar-refractivity contribution in [1.29, 1.82) is 0 Å². The van der Waals surface area contributed by atoms with E-state index in [-0.39, 0.29) is 24.7 Å². The molecule has 0 spiro atoms. The Labute approximate surface area is 158 Å². The molecular formula is C20H22ClN3O2. The molecular weight excluding hydrogens is 350 g/mol. The first-order chi connectivity index (χ1) is 12.3. The first-order valence-electron chi connectivity index (χ1n) is 8.22. The summed E-state index contributed by atoms with van der Waals surface area (Å²) in [6, 6.07) is 13.0. The van der Waals surface area contributed by atoms with Gasteiger partial charge in [0.2, 0.25) is 11.8 Å². The van der Waals surface area contributed by atoms with E-state index in [0.29, 0.717) is 16.4 Å². The molecule has 0 radical (unpaired) electrons. The number of hydrogen-bond acceptors (Lipinski definition) is 3. The number of nitrogens with one attached hydrogen (secondary N) is 3. The molecule has 0 heterocycles. The second-order valence-corrected chi connectivity index (χ2v) is 6.46. The molecule has 0 bridgehead atoms. The van der Waals surface area contributed by atoms with Gasteiger partial charge in [0.15, 0.2) is 0 Å². The predicted octanol–water partition coefficient (Wildman–Crippen LogP) is 3.97. The van der Waals surface area contributed by atoms with Gasteiger partial charge in [0.25, 0.3) is 0 Å². The summed E-state index contributed by atoms with van der Waals surface area (Å²) in [6.07, 6.45) is 0.138. The summed E-state index contributed by atoms with van der Waals surface area (Å²) in [4.78, 5) is 23.9. The number of rotatable bonds is 7. The van der Waals surface area contributed by atoms with Gasteiger partial charge in [0.05, 0.1) is 5.70 Å². The smallest absolute Gasteiger partial charge is 0.238 e. The van der Waals surface area contributed by atoms with Crippen LogP contribution in [0.15, 0.2) is 49.0 Å². The highest BCUT2D eigenvalue weighted by Gasteiger charge is 2.09. The van der Waals surface area contributed by atoms with Gasteiger partial charge in [-0.25, -0.2) is 0 Å². The van der Waals surface area contributed by atoms with Gasteiger partial charge in [-0.15, -0.1) is 0 Å². The fraction of sp³-hybridized carbons (Fsp3) is 0.200. The minimum Gasteiger partial charge on any atom is -0.326 e. The van der Waals surface area contributed by atoms with Crippen LogP contribution < -0.4 is 16.2 Å². The highest BCUT2D eigenvalue weighted by molar-refractivity contribution is 6.30. The molecule has 0 saturated heterocycles. The number of anilines is 1. The molecule has 0 aromatic heterocycles. The third-order valence-electron chi connectivity index (χ3n) is 3.79. The number of benzene rings is 2. The standard InChI is InChI=1S/C20H22ClN3O2/c1-13-4-6-16(7-5-13)15(3)23-24-20(26)11-10-19(25)22-18-9-8-17(21)12-14(18)2/h4-9,12,23H,3,10-11H2,1-2H3,(H,22,25)(H,24,26). The van der Waals surface area contributed by atoms with E-state index in [9.17, 15) is 9.59 Å². The Bertz CT molecular complexity index is 816. The number of carbonyl (C=O) groups is 2. The van der Waals surface area contributed by atoms with E-state index < -0.39 is 0 Å². The van der Waals surface area contributed by atoms with Crippen molar-refractivity contribution >= 4 is 34.8 Å². The lowest BCUT2D eigenvalue weighted by atomic mass is 10.1. The molecule has 2 aromatic carbocycles. The van der Waals surface area contributed by atoms with Crippen LogP contribution in [-0.4, -0.2) is 11.8 Å². The van der Waals surface area contributed by atoms with Crippen molar-refractivity contribution in [3.8, 4) is 0 Å². The number of amides is 2. The fourth-order valence-corrected chi connectivity index (χ4v) is 2.47. The van der Waals surface area contributed by atoms with Gasteiger partial charge in [0, 0.05) is 23.6 Å². The Morgan fingerprint density at radius 3 is 2.27 bits per heavy atom. The highest BCUT2D eigenvalue weighted by atomic mass is 35.5. The number of halogens is 1. The number of aryl methyl sites for hydroxylation is 2. The molecule has 0 atom stereocenters. The van der Waals surface area contributed by atoms with Crippen molar-refractivity contribution < 1.29 is 9.59 Å². The summed E-state index contributed by atoms with van der Waals surface area (Å²) in [5.41, 5.74) is 9.48. The van der Waals surface area contributed by atoms with Crippen molar-refractivity contribution in [2.45, 2.75) is 26.7 Å². The first kappa shape index (κ1) is 19.5. The maximum absolute atomic E-state index is 12.0. The molecule has 0 aliphatic rings. The molecule has 0 saturated carbocycles. The Morgan fingerprint density at radius 2 is 1.62 bits per heavy atom. The average molecular weight is 372 g/mol. The largest absolute Gasteiger partial charge is 0.326 e. The van der Waals surface area contributed by atoms with Crippen molar-refractivity contribution in [1.82, 2.24) is 10.9 Å². The highest BCUT2D eigenvalue weighted by Crippen LogP contribution is 2.19. The summed E-state index contributed by atoms with van der Waals surface area (Å²) in [5, 5.41) is 3.38. The molecule has 2 aromatic rings. The molecule has 0 aliphatic carbocycles. The molecule has 2 rings (SSSR count). The summed E-state index contributed by atoms with van der Waals surface area (Å²) in [7, 11) is 0. The zero-order valence-electron chi connectivity index (χ0n) is 14.9. The van der Waals surface area contributed by atoms with Crippen molar-refractivity contribution in [2.75, 3.05) is 5.32 Å². The molecule has 0 unspecified atom stereocenters. The molecule has 3 N–H and O–H groups in total. The predicted molar refractivity (Wildman–Crippen MR) is 106 cm³/mol. The van der Waals surface area contributed by atoms with E-state index in [1.165, 1.54) is 0 Å². The monoisotopic (exact) mass is 371 g/mol. The normalized spacial score (nSPS) is 10.1. The van der Waals surface area contributed by atoms with E-state index in [0.717, 1.165) is 16.7 Å². The number of hydrazine groups is 1. The van der Waals surface area contributed by atoms with Gasteiger partial charge in [0.1, 0.15) is 0 Å². The fourth-order valence-electron chi connectivity index (χ4n) is 2.24. The van der Waals surface area contributed by atoms with Gasteiger partial charge in [-0.05, 0) is 43.2 Å². The van der Waals surface area contributed by atoms with Crippen molar-refractivity contribution in [3.63, 3.8) is 0 Å². The van der Waals surface area contributed by atoms with Crippen LogP contribution in [0.5, 0.6) is 0 Å². The van der Waals surface area contributed by atoms with Gasteiger partial charge >= 0.3 is 0 Å². The molecule has 0 fully saturated rings. The quantitative estimate of drug-likeness (QED) is 0.645. The Kier molecular flexibility index (Phi) is 6.81. The number of carbonyl (C=O) groups excluding carboxylic acids is 2. The second kappa shape index (κ2) is 9.06. The van der Waals surface area contributed by atoms with E-state index in [1.807, 2.05) is 38.1 Å². The topological polar surface area (TPSA) is 70.2 Å².